The average molecular weight is 737 g/mol. The minimum Gasteiger partial charge on any atom is -0.423 e. The molecule has 1 fully saturated rings. The lowest BCUT2D eigenvalue weighted by atomic mass is 10.0. The maximum Gasteiger partial charge on any atom is 0.423 e. The Hall–Kier alpha value is -2.91. The quantitative estimate of drug-likeness (QED) is 0.0642. The summed E-state index contributed by atoms with van der Waals surface area (Å²) in [5.74, 6) is -1.00. The monoisotopic (exact) mass is 736 g/mol. The predicted molar refractivity (Wildman–Crippen MR) is 216 cm³/mol. The van der Waals surface area contributed by atoms with Gasteiger partial charge < -0.3 is 19.3 Å². The van der Waals surface area contributed by atoms with Crippen LogP contribution in [0.25, 0.3) is 5.82 Å². The summed E-state index contributed by atoms with van der Waals surface area (Å²) in [4.78, 5) is 39.4. The Morgan fingerprint density at radius 3 is 1.83 bits per heavy atom. The number of thiophene rings is 1. The van der Waals surface area contributed by atoms with E-state index in [4.69, 9.17) is 14.5 Å². The van der Waals surface area contributed by atoms with Gasteiger partial charge in [-0.3, -0.25) is 4.79 Å². The number of carbonyl (C=O) groups excluding carboxylic acids is 2. The van der Waals surface area contributed by atoms with Crippen molar-refractivity contribution in [2.24, 2.45) is 4.99 Å². The summed E-state index contributed by atoms with van der Waals surface area (Å²) >= 11 is 1.62. The summed E-state index contributed by atoms with van der Waals surface area (Å²) in [5, 5.41) is 0.916. The number of amides is 1. The van der Waals surface area contributed by atoms with E-state index in [1.807, 2.05) is 24.3 Å². The van der Waals surface area contributed by atoms with Crippen molar-refractivity contribution in [3.8, 4) is 0 Å². The van der Waals surface area contributed by atoms with E-state index in [0.29, 0.717) is 17.8 Å². The van der Waals surface area contributed by atoms with Gasteiger partial charge >= 0.3 is 12.1 Å². The molecule has 0 spiro atoms. The normalized spacial score (nSPS) is 14.8. The molecule has 1 saturated heterocycles. The van der Waals surface area contributed by atoms with Crippen LogP contribution in [-0.2, 0) is 14.3 Å². The van der Waals surface area contributed by atoms with Gasteiger partial charge in [-0.2, -0.15) is 0 Å². The molecule has 290 valence electrons. The Morgan fingerprint density at radius 1 is 0.750 bits per heavy atom. The molecule has 0 N–H and O–H groups in total. The molecule has 1 aromatic heterocycles. The van der Waals surface area contributed by atoms with Crippen molar-refractivity contribution in [3.63, 3.8) is 0 Å². The second-order valence-electron chi connectivity index (χ2n) is 15.5. The number of ether oxygens (including phenoxy) is 2. The van der Waals surface area contributed by atoms with E-state index >= 15 is 0 Å². The zero-order chi connectivity index (χ0) is 37.2. The minimum atomic E-state index is -1.43. The molecule has 8 nitrogen and oxygen atoms in total. The number of para-hydroxylation sites is 2. The summed E-state index contributed by atoms with van der Waals surface area (Å²) in [6, 6.07) is 9.77. The number of benzene rings is 1. The van der Waals surface area contributed by atoms with Crippen molar-refractivity contribution in [1.29, 1.82) is 0 Å². The molecule has 0 saturated carbocycles. The van der Waals surface area contributed by atoms with E-state index in [1.54, 1.807) is 30.1 Å². The van der Waals surface area contributed by atoms with E-state index in [-0.39, 0.29) is 5.97 Å². The SMILES string of the molecule is CCCCCCCCCCCCCCCCCCCCCC(=O)OC(C)(C)OC(=O)N1C(N2CCN(C)CC2)=c2cc(C)sc2=Nc2ccccc21. The van der Waals surface area contributed by atoms with Crippen LogP contribution in [0.5, 0.6) is 0 Å². The first-order chi connectivity index (χ1) is 25.2. The van der Waals surface area contributed by atoms with Gasteiger partial charge in [0.05, 0.1) is 16.6 Å². The van der Waals surface area contributed by atoms with Crippen LogP contribution < -0.4 is 14.8 Å². The van der Waals surface area contributed by atoms with Gasteiger partial charge in [0, 0.05) is 51.3 Å². The number of likely N-dealkylation sites (N-methyl/N-ethyl adjacent to an activating group) is 1. The standard InChI is InChI=1S/C43H68N4O4S/c1-6-7-8-9-10-11-12-13-14-15-16-17-18-19-20-21-22-23-24-29-39(48)50-43(3,4)51-42(49)47-38-28-26-25-27-37(38)44-40-36(34-35(2)52-40)41(47)46-32-30-45(5)31-33-46/h25-28,34H,6-24,29-33H2,1-5H3. The van der Waals surface area contributed by atoms with Gasteiger partial charge in [0.25, 0.3) is 5.79 Å². The van der Waals surface area contributed by atoms with E-state index in [0.717, 1.165) is 66.0 Å². The second kappa shape index (κ2) is 22.3. The highest BCUT2D eigenvalue weighted by molar-refractivity contribution is 7.09. The molecule has 4 rings (SSSR count). The summed E-state index contributed by atoms with van der Waals surface area (Å²) in [7, 11) is 2.12. The third-order valence-electron chi connectivity index (χ3n) is 10.3. The lowest BCUT2D eigenvalue weighted by Gasteiger charge is -2.39. The molecular formula is C43H68N4O4S. The van der Waals surface area contributed by atoms with Crippen LogP contribution in [0.15, 0.2) is 35.3 Å². The lowest BCUT2D eigenvalue weighted by Crippen LogP contribution is -2.52. The van der Waals surface area contributed by atoms with Gasteiger partial charge in [0.2, 0.25) is 0 Å². The molecule has 9 heteroatoms. The molecular weight excluding hydrogens is 669 g/mol. The van der Waals surface area contributed by atoms with E-state index < -0.39 is 11.9 Å². The Labute approximate surface area is 318 Å². The van der Waals surface area contributed by atoms with Crippen molar-refractivity contribution in [3.05, 3.63) is 45.1 Å². The molecule has 0 bridgehead atoms. The highest BCUT2D eigenvalue weighted by atomic mass is 32.1. The summed E-state index contributed by atoms with van der Waals surface area (Å²) in [6.45, 7) is 10.9. The summed E-state index contributed by atoms with van der Waals surface area (Å²) < 4.78 is 12.7. The molecule has 52 heavy (non-hydrogen) atoms. The number of aryl methyl sites for hydroxylation is 1. The van der Waals surface area contributed by atoms with E-state index in [1.165, 1.54) is 103 Å². The first-order valence-corrected chi connectivity index (χ1v) is 21.5. The van der Waals surface area contributed by atoms with Crippen LogP contribution in [0, 0.1) is 6.92 Å². The molecule has 0 unspecified atom stereocenters. The number of anilines is 1. The second-order valence-corrected chi connectivity index (χ2v) is 16.7. The summed E-state index contributed by atoms with van der Waals surface area (Å²) in [5.41, 5.74) is 1.35. The fourth-order valence-corrected chi connectivity index (χ4v) is 8.19. The third kappa shape index (κ3) is 13.8. The van der Waals surface area contributed by atoms with Crippen molar-refractivity contribution >= 4 is 40.6 Å². The molecule has 3 heterocycles. The number of nitrogens with zero attached hydrogens (tertiary/aromatic N) is 4. The molecule has 1 amide bonds. The predicted octanol–water partition coefficient (Wildman–Crippen LogP) is 10.4. The highest BCUT2D eigenvalue weighted by Crippen LogP contribution is 2.35. The lowest BCUT2D eigenvalue weighted by molar-refractivity contribution is -0.193. The maximum absolute atomic E-state index is 14.2. The highest BCUT2D eigenvalue weighted by Gasteiger charge is 2.36. The number of hydrogen-bond donors (Lipinski definition) is 0. The van der Waals surface area contributed by atoms with Gasteiger partial charge in [-0.05, 0) is 38.6 Å². The van der Waals surface area contributed by atoms with Crippen molar-refractivity contribution < 1.29 is 19.1 Å². The zero-order valence-electron chi connectivity index (χ0n) is 33.2. The molecule has 2 aromatic rings. The number of rotatable bonds is 23. The number of carbonyl (C=O) groups is 2. The molecule has 0 radical (unpaired) electrons. The average Bonchev–Trinajstić information content (AvgIpc) is 3.41. The Bertz CT molecular complexity index is 1500. The first-order valence-electron chi connectivity index (χ1n) is 20.7. The van der Waals surface area contributed by atoms with Crippen molar-refractivity contribution in [2.75, 3.05) is 38.1 Å². The molecule has 2 aliphatic heterocycles. The van der Waals surface area contributed by atoms with Crippen LogP contribution in [0.1, 0.15) is 154 Å². The van der Waals surface area contributed by atoms with Crippen molar-refractivity contribution in [1.82, 2.24) is 9.80 Å². The van der Waals surface area contributed by atoms with Crippen LogP contribution >= 0.6 is 11.3 Å². The fraction of sp³-hybridized carbons (Fsp3) is 0.698. The first kappa shape index (κ1) is 41.8. The smallest absolute Gasteiger partial charge is 0.423 e. The Morgan fingerprint density at radius 2 is 1.27 bits per heavy atom. The minimum absolute atomic E-state index is 0.321. The van der Waals surface area contributed by atoms with Gasteiger partial charge in [0.1, 0.15) is 10.5 Å². The van der Waals surface area contributed by atoms with Crippen LogP contribution in [0.3, 0.4) is 0 Å². The third-order valence-corrected chi connectivity index (χ3v) is 11.2. The zero-order valence-corrected chi connectivity index (χ0v) is 34.0. The van der Waals surface area contributed by atoms with Crippen LogP contribution in [-0.4, -0.2) is 60.9 Å². The Balaban J connectivity index is 1.16. The van der Waals surface area contributed by atoms with Crippen LogP contribution in [0.4, 0.5) is 16.2 Å². The summed E-state index contributed by atoms with van der Waals surface area (Å²) in [6.07, 6.45) is 24.7. The van der Waals surface area contributed by atoms with Gasteiger partial charge in [-0.15, -0.1) is 11.3 Å². The number of fused-ring (bicyclic) bond motifs is 2. The van der Waals surface area contributed by atoms with E-state index in [2.05, 4.69) is 36.8 Å². The topological polar surface area (TPSA) is 74.7 Å². The number of hydrogen-bond acceptors (Lipinski definition) is 8. The molecule has 0 aliphatic carbocycles. The number of piperazine rings is 1. The largest absolute Gasteiger partial charge is 0.423 e. The number of unbranched alkanes of at least 4 members (excludes halogenated alkanes) is 18. The molecule has 1 aromatic carbocycles. The number of esters is 1. The fourth-order valence-electron chi connectivity index (χ4n) is 7.30. The molecule has 0 atom stereocenters. The van der Waals surface area contributed by atoms with Gasteiger partial charge in [-0.25, -0.2) is 14.7 Å². The van der Waals surface area contributed by atoms with Crippen molar-refractivity contribution in [2.45, 2.75) is 162 Å². The van der Waals surface area contributed by atoms with Gasteiger partial charge in [-0.1, -0.05) is 135 Å². The molecule has 2 aliphatic rings. The maximum atomic E-state index is 14.2. The van der Waals surface area contributed by atoms with Gasteiger partial charge in [0.15, 0.2) is 0 Å². The van der Waals surface area contributed by atoms with E-state index in [9.17, 15) is 9.59 Å². The Kier molecular flexibility index (Phi) is 18.0. The van der Waals surface area contributed by atoms with Crippen LogP contribution in [0.2, 0.25) is 0 Å².